The van der Waals surface area contributed by atoms with E-state index in [2.05, 4.69) is 6.07 Å². The van der Waals surface area contributed by atoms with Crippen LogP contribution in [0, 0.1) is 16.7 Å². The third kappa shape index (κ3) is 2.66. The molecular weight excluding hydrogens is 250 g/mol. The maximum absolute atomic E-state index is 9.19. The van der Waals surface area contributed by atoms with E-state index in [1.807, 2.05) is 54.6 Å². The molecule has 0 N–H and O–H groups in total. The maximum atomic E-state index is 9.19. The van der Waals surface area contributed by atoms with Gasteiger partial charge in [-0.05, 0) is 36.2 Å². The quantitative estimate of drug-likeness (QED) is 0.848. The van der Waals surface area contributed by atoms with Gasteiger partial charge in [0.1, 0.15) is 16.9 Å². The van der Waals surface area contributed by atoms with Gasteiger partial charge in [0.2, 0.25) is 0 Å². The van der Waals surface area contributed by atoms with Crippen molar-refractivity contribution < 1.29 is 9.47 Å². The Morgan fingerprint density at radius 1 is 1.00 bits per heavy atom. The zero-order valence-corrected chi connectivity index (χ0v) is 11.1. The second-order valence-electron chi connectivity index (χ2n) is 5.12. The van der Waals surface area contributed by atoms with Crippen molar-refractivity contribution in [3.05, 3.63) is 60.2 Å². The van der Waals surface area contributed by atoms with E-state index in [0.717, 1.165) is 23.5 Å². The minimum absolute atomic E-state index is 0.332. The molecule has 0 atom stereocenters. The second kappa shape index (κ2) is 5.36. The Kier molecular flexibility index (Phi) is 3.41. The van der Waals surface area contributed by atoms with Crippen LogP contribution in [-0.2, 0) is 11.2 Å². The predicted octanol–water partition coefficient (Wildman–Crippen LogP) is 3.56. The Balaban J connectivity index is 1.67. The van der Waals surface area contributed by atoms with E-state index < -0.39 is 0 Å². The molecule has 1 saturated heterocycles. The summed E-state index contributed by atoms with van der Waals surface area (Å²) in [6.45, 7) is 1.07. The lowest BCUT2D eigenvalue weighted by Crippen LogP contribution is -2.43. The van der Waals surface area contributed by atoms with Gasteiger partial charge in [-0.3, -0.25) is 0 Å². The Morgan fingerprint density at radius 3 is 2.20 bits per heavy atom. The molecular formula is C17H15NO2. The number of ether oxygens (including phenoxy) is 2. The molecule has 0 saturated carbocycles. The van der Waals surface area contributed by atoms with Gasteiger partial charge in [0.05, 0.1) is 19.3 Å². The number of hydrogen-bond donors (Lipinski definition) is 0. The maximum Gasteiger partial charge on any atom is 0.127 e. The molecule has 0 spiro atoms. The van der Waals surface area contributed by atoms with E-state index in [1.165, 1.54) is 0 Å². The van der Waals surface area contributed by atoms with Gasteiger partial charge >= 0.3 is 0 Å². The van der Waals surface area contributed by atoms with Crippen LogP contribution in [0.5, 0.6) is 11.5 Å². The molecule has 0 unspecified atom stereocenters. The molecule has 2 aromatic rings. The summed E-state index contributed by atoms with van der Waals surface area (Å²) in [5.41, 5.74) is 0.803. The molecule has 3 rings (SSSR count). The molecule has 0 aliphatic carbocycles. The summed E-state index contributed by atoms with van der Waals surface area (Å²) in [7, 11) is 0. The van der Waals surface area contributed by atoms with Gasteiger partial charge in [-0.25, -0.2) is 0 Å². The van der Waals surface area contributed by atoms with Crippen LogP contribution < -0.4 is 4.74 Å². The SMILES string of the molecule is N#CC1(Cc2ccc(Oc3ccccc3)cc2)COC1. The van der Waals surface area contributed by atoms with Gasteiger partial charge in [0.15, 0.2) is 0 Å². The summed E-state index contributed by atoms with van der Waals surface area (Å²) >= 11 is 0. The topological polar surface area (TPSA) is 42.2 Å². The summed E-state index contributed by atoms with van der Waals surface area (Å²) < 4.78 is 10.9. The zero-order valence-electron chi connectivity index (χ0n) is 11.1. The first-order chi connectivity index (χ1) is 9.80. The normalized spacial score (nSPS) is 15.9. The lowest BCUT2D eigenvalue weighted by molar-refractivity contribution is -0.0765. The Hall–Kier alpha value is -2.31. The van der Waals surface area contributed by atoms with E-state index >= 15 is 0 Å². The number of hydrogen-bond acceptors (Lipinski definition) is 3. The Morgan fingerprint density at radius 2 is 1.65 bits per heavy atom. The summed E-state index contributed by atoms with van der Waals surface area (Å²) in [5.74, 6) is 1.62. The Labute approximate surface area is 118 Å². The van der Waals surface area contributed by atoms with E-state index in [9.17, 15) is 5.26 Å². The Bertz CT molecular complexity index is 610. The van der Waals surface area contributed by atoms with Gasteiger partial charge in [-0.15, -0.1) is 0 Å². The van der Waals surface area contributed by atoms with Crippen molar-refractivity contribution in [3.8, 4) is 17.6 Å². The lowest BCUT2D eigenvalue weighted by atomic mass is 9.81. The largest absolute Gasteiger partial charge is 0.457 e. The number of rotatable bonds is 4. The molecule has 100 valence electrons. The lowest BCUT2D eigenvalue weighted by Gasteiger charge is -2.35. The average molecular weight is 265 g/mol. The van der Waals surface area contributed by atoms with Crippen LogP contribution in [0.4, 0.5) is 0 Å². The monoisotopic (exact) mass is 265 g/mol. The highest BCUT2D eigenvalue weighted by Crippen LogP contribution is 2.31. The molecule has 3 nitrogen and oxygen atoms in total. The highest BCUT2D eigenvalue weighted by atomic mass is 16.5. The minimum Gasteiger partial charge on any atom is -0.457 e. The van der Waals surface area contributed by atoms with Crippen molar-refractivity contribution in [2.75, 3.05) is 13.2 Å². The third-order valence-electron chi connectivity index (χ3n) is 3.44. The molecule has 0 bridgehead atoms. The van der Waals surface area contributed by atoms with Gasteiger partial charge in [-0.1, -0.05) is 30.3 Å². The fraction of sp³-hybridized carbons (Fsp3) is 0.235. The third-order valence-corrected chi connectivity index (χ3v) is 3.44. The second-order valence-corrected chi connectivity index (χ2v) is 5.12. The molecule has 20 heavy (non-hydrogen) atoms. The van der Waals surface area contributed by atoms with Crippen LogP contribution in [0.1, 0.15) is 5.56 Å². The molecule has 0 radical (unpaired) electrons. The molecule has 0 amide bonds. The van der Waals surface area contributed by atoms with Crippen LogP contribution in [0.25, 0.3) is 0 Å². The summed E-state index contributed by atoms with van der Waals surface area (Å²) in [6.07, 6.45) is 0.731. The summed E-state index contributed by atoms with van der Waals surface area (Å²) in [6, 6.07) is 19.9. The van der Waals surface area contributed by atoms with Crippen LogP contribution in [0.2, 0.25) is 0 Å². The molecule has 3 heteroatoms. The van der Waals surface area contributed by atoms with Crippen molar-refractivity contribution in [3.63, 3.8) is 0 Å². The van der Waals surface area contributed by atoms with Crippen LogP contribution in [-0.4, -0.2) is 13.2 Å². The smallest absolute Gasteiger partial charge is 0.127 e. The summed E-state index contributed by atoms with van der Waals surface area (Å²) in [5, 5.41) is 9.19. The van der Waals surface area contributed by atoms with Gasteiger partial charge in [0.25, 0.3) is 0 Å². The van der Waals surface area contributed by atoms with Crippen LogP contribution in [0.15, 0.2) is 54.6 Å². The van der Waals surface area contributed by atoms with E-state index in [1.54, 1.807) is 0 Å². The fourth-order valence-corrected chi connectivity index (χ4v) is 2.25. The van der Waals surface area contributed by atoms with E-state index in [0.29, 0.717) is 13.2 Å². The molecule has 2 aromatic carbocycles. The van der Waals surface area contributed by atoms with Crippen molar-refractivity contribution in [1.82, 2.24) is 0 Å². The van der Waals surface area contributed by atoms with Crippen LogP contribution in [0.3, 0.4) is 0 Å². The summed E-state index contributed by atoms with van der Waals surface area (Å²) in [4.78, 5) is 0. The molecule has 1 aliphatic heterocycles. The van der Waals surface area contributed by atoms with Crippen LogP contribution >= 0.6 is 0 Å². The van der Waals surface area contributed by atoms with Crippen molar-refractivity contribution in [2.24, 2.45) is 5.41 Å². The van der Waals surface area contributed by atoms with Crippen molar-refractivity contribution in [1.29, 1.82) is 5.26 Å². The van der Waals surface area contributed by atoms with Crippen molar-refractivity contribution in [2.45, 2.75) is 6.42 Å². The highest BCUT2D eigenvalue weighted by molar-refractivity contribution is 5.33. The highest BCUT2D eigenvalue weighted by Gasteiger charge is 2.38. The zero-order chi connectivity index (χ0) is 13.8. The van der Waals surface area contributed by atoms with Gasteiger partial charge < -0.3 is 9.47 Å². The number of nitrogens with zero attached hydrogens (tertiary/aromatic N) is 1. The van der Waals surface area contributed by atoms with E-state index in [-0.39, 0.29) is 5.41 Å². The number of para-hydroxylation sites is 1. The first kappa shape index (κ1) is 12.7. The predicted molar refractivity (Wildman–Crippen MR) is 75.5 cm³/mol. The standard InChI is InChI=1S/C17H15NO2/c18-11-17(12-19-13-17)10-14-6-8-16(9-7-14)20-15-4-2-1-3-5-15/h1-9H,10,12-13H2. The molecule has 1 aliphatic rings. The van der Waals surface area contributed by atoms with Crippen molar-refractivity contribution >= 4 is 0 Å². The van der Waals surface area contributed by atoms with E-state index in [4.69, 9.17) is 9.47 Å². The molecule has 1 fully saturated rings. The first-order valence-electron chi connectivity index (χ1n) is 6.61. The number of nitriles is 1. The average Bonchev–Trinajstić information content (AvgIpc) is 2.46. The van der Waals surface area contributed by atoms with Gasteiger partial charge in [-0.2, -0.15) is 5.26 Å². The molecule has 1 heterocycles. The number of benzene rings is 2. The first-order valence-corrected chi connectivity index (χ1v) is 6.61. The molecule has 0 aromatic heterocycles. The minimum atomic E-state index is -0.332. The van der Waals surface area contributed by atoms with Gasteiger partial charge in [0, 0.05) is 0 Å². The fourth-order valence-electron chi connectivity index (χ4n) is 2.25.